The fraction of sp³-hybridized carbons (Fsp3) is 0.565. The van der Waals surface area contributed by atoms with Crippen LogP contribution in [0.15, 0.2) is 52.0 Å². The van der Waals surface area contributed by atoms with Crippen LogP contribution in [-0.4, -0.2) is 70.3 Å². The maximum atomic E-state index is 13.4. The molecule has 1 fully saturated rings. The molecule has 184 valence electrons. The lowest BCUT2D eigenvalue weighted by molar-refractivity contribution is 0.185. The number of likely N-dealkylation sites (N-methyl/N-ethyl adjacent to an activating group) is 1. The molecule has 0 amide bonds. The highest BCUT2D eigenvalue weighted by atomic mass is 32.2. The van der Waals surface area contributed by atoms with E-state index in [0.29, 0.717) is 12.3 Å². The fourth-order valence-corrected chi connectivity index (χ4v) is 9.00. The van der Waals surface area contributed by atoms with Crippen LogP contribution in [0.4, 0.5) is 0 Å². The zero-order valence-corrected chi connectivity index (χ0v) is 21.2. The van der Waals surface area contributed by atoms with E-state index in [1.165, 1.54) is 12.1 Å². The van der Waals surface area contributed by atoms with Crippen LogP contribution in [0, 0.1) is 0 Å². The summed E-state index contributed by atoms with van der Waals surface area (Å²) in [6, 6.07) is 9.02. The van der Waals surface area contributed by atoms with Crippen molar-refractivity contribution in [2.24, 2.45) is 0 Å². The number of benzene rings is 1. The average molecular weight is 499 g/mol. The van der Waals surface area contributed by atoms with Crippen LogP contribution >= 0.6 is 0 Å². The van der Waals surface area contributed by atoms with E-state index in [1.54, 1.807) is 18.4 Å². The van der Waals surface area contributed by atoms with Gasteiger partial charge in [-0.05, 0) is 63.3 Å². The van der Waals surface area contributed by atoms with E-state index in [2.05, 4.69) is 10.2 Å². The second kappa shape index (κ2) is 10.6. The minimum atomic E-state index is -3.87. The first kappa shape index (κ1) is 25.7. The molecule has 1 saturated heterocycles. The van der Waals surface area contributed by atoms with E-state index in [1.807, 2.05) is 39.8 Å². The Bertz CT molecular complexity index is 1090. The second-order valence-electron chi connectivity index (χ2n) is 8.57. The van der Waals surface area contributed by atoms with E-state index < -0.39 is 36.7 Å². The third-order valence-corrected chi connectivity index (χ3v) is 10.1. The zero-order valence-electron chi connectivity index (χ0n) is 19.6. The molecule has 0 spiro atoms. The number of hydrogen-bond acceptors (Lipinski definition) is 8. The molecule has 0 aliphatic carbocycles. The van der Waals surface area contributed by atoms with Crippen molar-refractivity contribution in [3.8, 4) is 5.75 Å². The van der Waals surface area contributed by atoms with Gasteiger partial charge in [0.1, 0.15) is 11.5 Å². The Morgan fingerprint density at radius 1 is 1.12 bits per heavy atom. The van der Waals surface area contributed by atoms with Gasteiger partial charge in [-0.3, -0.25) is 4.90 Å². The van der Waals surface area contributed by atoms with Crippen LogP contribution in [0.25, 0.3) is 0 Å². The van der Waals surface area contributed by atoms with Crippen LogP contribution in [0.2, 0.25) is 0 Å². The van der Waals surface area contributed by atoms with Crippen LogP contribution in [-0.2, 0) is 19.7 Å². The molecular formula is C23H34N2O6S2. The Balaban J connectivity index is 1.82. The highest BCUT2D eigenvalue weighted by Crippen LogP contribution is 2.28. The molecule has 10 heteroatoms. The minimum absolute atomic E-state index is 0.0334. The van der Waals surface area contributed by atoms with Crippen LogP contribution < -0.4 is 10.1 Å². The number of hydrogen-bond donors (Lipinski definition) is 1. The van der Waals surface area contributed by atoms with E-state index in [0.717, 1.165) is 18.8 Å². The van der Waals surface area contributed by atoms with E-state index in [9.17, 15) is 16.8 Å². The predicted molar refractivity (Wildman–Crippen MR) is 128 cm³/mol. The monoisotopic (exact) mass is 498 g/mol. The van der Waals surface area contributed by atoms with Gasteiger partial charge in [0.15, 0.2) is 19.7 Å². The average Bonchev–Trinajstić information content (AvgIpc) is 3.39. The molecular weight excluding hydrogens is 464 g/mol. The Kier molecular flexibility index (Phi) is 8.26. The van der Waals surface area contributed by atoms with Crippen molar-refractivity contribution in [1.82, 2.24) is 10.2 Å². The number of nitrogens with zero attached hydrogens (tertiary/aromatic N) is 1. The van der Waals surface area contributed by atoms with E-state index in [-0.39, 0.29) is 22.8 Å². The Morgan fingerprint density at radius 2 is 1.79 bits per heavy atom. The molecule has 33 heavy (non-hydrogen) atoms. The molecule has 3 rings (SSSR count). The molecule has 1 aliphatic heterocycles. The van der Waals surface area contributed by atoms with E-state index >= 15 is 0 Å². The van der Waals surface area contributed by atoms with Crippen LogP contribution in [0.1, 0.15) is 39.5 Å². The molecule has 1 N–H and O–H groups in total. The van der Waals surface area contributed by atoms with Crippen LogP contribution in [0.3, 0.4) is 0 Å². The third-order valence-electron chi connectivity index (χ3n) is 5.92. The molecule has 2 aromatic rings. The van der Waals surface area contributed by atoms with Gasteiger partial charge in [0, 0.05) is 12.6 Å². The SMILES string of the molecule is CCN(CC)C(CN[C@H]1CS(=O)(=O)C[C@@H]1S(=O)(=O)c1ccc(OC(C)C)cc1)c1ccco1. The first-order valence-electron chi connectivity index (χ1n) is 11.3. The zero-order chi connectivity index (χ0) is 24.2. The lowest BCUT2D eigenvalue weighted by atomic mass is 10.1. The summed E-state index contributed by atoms with van der Waals surface area (Å²) in [5.74, 6) is 0.716. The quantitative estimate of drug-likeness (QED) is 0.504. The molecule has 1 aromatic carbocycles. The molecule has 0 radical (unpaired) electrons. The molecule has 3 atom stereocenters. The topological polar surface area (TPSA) is 106 Å². The molecule has 0 bridgehead atoms. The van der Waals surface area contributed by atoms with Crippen molar-refractivity contribution in [3.63, 3.8) is 0 Å². The fourth-order valence-electron chi connectivity index (χ4n) is 4.28. The molecule has 8 nitrogen and oxygen atoms in total. The maximum Gasteiger partial charge on any atom is 0.183 e. The van der Waals surface area contributed by atoms with Gasteiger partial charge in [-0.1, -0.05) is 13.8 Å². The number of sulfone groups is 2. The van der Waals surface area contributed by atoms with Gasteiger partial charge >= 0.3 is 0 Å². The summed E-state index contributed by atoms with van der Waals surface area (Å²) in [6.07, 6.45) is 1.57. The highest BCUT2D eigenvalue weighted by molar-refractivity contribution is 7.96. The summed E-state index contributed by atoms with van der Waals surface area (Å²) in [7, 11) is -7.37. The van der Waals surface area contributed by atoms with Gasteiger partial charge < -0.3 is 14.5 Å². The van der Waals surface area contributed by atoms with Gasteiger partial charge in [-0.2, -0.15) is 0 Å². The minimum Gasteiger partial charge on any atom is -0.491 e. The van der Waals surface area contributed by atoms with Gasteiger partial charge in [0.2, 0.25) is 0 Å². The van der Waals surface area contributed by atoms with Gasteiger partial charge in [0.05, 0.1) is 40.1 Å². The normalized spacial score (nSPS) is 21.5. The molecule has 0 saturated carbocycles. The van der Waals surface area contributed by atoms with Gasteiger partial charge in [0.25, 0.3) is 0 Å². The predicted octanol–water partition coefficient (Wildman–Crippen LogP) is 2.68. The van der Waals surface area contributed by atoms with Crippen molar-refractivity contribution in [1.29, 1.82) is 0 Å². The van der Waals surface area contributed by atoms with Crippen molar-refractivity contribution < 1.29 is 26.0 Å². The van der Waals surface area contributed by atoms with Gasteiger partial charge in [-0.25, -0.2) is 16.8 Å². The molecule has 1 aliphatic rings. The summed E-state index contributed by atoms with van der Waals surface area (Å²) in [5.41, 5.74) is 0. The smallest absolute Gasteiger partial charge is 0.183 e. The van der Waals surface area contributed by atoms with Gasteiger partial charge in [-0.15, -0.1) is 0 Å². The number of rotatable bonds is 11. The van der Waals surface area contributed by atoms with E-state index in [4.69, 9.17) is 9.15 Å². The Hall–Kier alpha value is -1.88. The van der Waals surface area contributed by atoms with Crippen molar-refractivity contribution in [2.75, 3.05) is 31.1 Å². The second-order valence-corrected chi connectivity index (χ2v) is 12.9. The van der Waals surface area contributed by atoms with Crippen molar-refractivity contribution in [3.05, 3.63) is 48.4 Å². The summed E-state index contributed by atoms with van der Waals surface area (Å²) >= 11 is 0. The lowest BCUT2D eigenvalue weighted by Gasteiger charge is -2.30. The standard InChI is InChI=1S/C23H34N2O6S2/c1-5-25(6-2)21(22-8-7-13-30-22)14-24-20-15-32(26,27)16-23(20)33(28,29)19-11-9-18(10-12-19)31-17(3)4/h7-13,17,20-21,23-24H,5-6,14-16H2,1-4H3/t20-,21?,23-/m0/s1. The lowest BCUT2D eigenvalue weighted by Crippen LogP contribution is -2.47. The largest absolute Gasteiger partial charge is 0.491 e. The first-order valence-corrected chi connectivity index (χ1v) is 14.7. The first-order chi connectivity index (χ1) is 15.6. The Morgan fingerprint density at radius 3 is 2.33 bits per heavy atom. The summed E-state index contributed by atoms with van der Waals surface area (Å²) in [4.78, 5) is 2.28. The maximum absolute atomic E-state index is 13.4. The summed E-state index contributed by atoms with van der Waals surface area (Å²) in [5, 5.41) is 2.19. The Labute approximate surface area is 197 Å². The molecule has 2 heterocycles. The number of ether oxygens (including phenoxy) is 1. The molecule has 1 aromatic heterocycles. The van der Waals surface area contributed by atoms with Crippen LogP contribution in [0.5, 0.6) is 5.75 Å². The summed E-state index contributed by atoms with van der Waals surface area (Å²) in [6.45, 7) is 9.79. The van der Waals surface area contributed by atoms with Crippen molar-refractivity contribution >= 4 is 19.7 Å². The summed E-state index contributed by atoms with van der Waals surface area (Å²) < 4.78 is 63.0. The highest BCUT2D eigenvalue weighted by Gasteiger charge is 2.46. The number of furan rings is 1. The number of nitrogens with one attached hydrogen (secondary N) is 1. The third kappa shape index (κ3) is 6.17. The van der Waals surface area contributed by atoms with Crippen molar-refractivity contribution in [2.45, 2.75) is 56.0 Å². The molecule has 1 unspecified atom stereocenters.